The molecule has 0 bridgehead atoms. The fourth-order valence-corrected chi connectivity index (χ4v) is 3.35. The van der Waals surface area contributed by atoms with Crippen LogP contribution in [0.3, 0.4) is 0 Å². The van der Waals surface area contributed by atoms with Crippen LogP contribution in [-0.4, -0.2) is 42.6 Å². The van der Waals surface area contributed by atoms with Gasteiger partial charge in [-0.2, -0.15) is 0 Å². The average molecular weight is 289 g/mol. The summed E-state index contributed by atoms with van der Waals surface area (Å²) in [6.07, 6.45) is 5.66. The van der Waals surface area contributed by atoms with Gasteiger partial charge in [0.05, 0.1) is 6.04 Å². The number of carbonyl (C=O) groups excluding carboxylic acids is 1. The molecule has 2 fully saturated rings. The second-order valence-electron chi connectivity index (χ2n) is 5.80. The Morgan fingerprint density at radius 3 is 2.95 bits per heavy atom. The normalized spacial score (nSPS) is 23.3. The fourth-order valence-electron chi connectivity index (χ4n) is 3.35. The number of hydrogen-bond donors (Lipinski definition) is 1. The number of carbonyl (C=O) groups is 1. The minimum atomic E-state index is 0.143. The first-order valence-corrected chi connectivity index (χ1v) is 7.81. The Balaban J connectivity index is 1.76. The lowest BCUT2D eigenvalue weighted by molar-refractivity contribution is -0.139. The highest BCUT2D eigenvalue weighted by Gasteiger charge is 2.34. The van der Waals surface area contributed by atoms with E-state index in [-0.39, 0.29) is 12.0 Å². The van der Waals surface area contributed by atoms with E-state index in [9.17, 15) is 4.79 Å². The van der Waals surface area contributed by atoms with Gasteiger partial charge in [0, 0.05) is 38.9 Å². The van der Waals surface area contributed by atoms with Gasteiger partial charge in [-0.3, -0.25) is 4.79 Å². The van der Waals surface area contributed by atoms with E-state index in [1.165, 1.54) is 5.56 Å². The van der Waals surface area contributed by atoms with Gasteiger partial charge in [0.15, 0.2) is 0 Å². The van der Waals surface area contributed by atoms with E-state index in [0.717, 1.165) is 38.0 Å². The lowest BCUT2D eigenvalue weighted by Crippen LogP contribution is -2.38. The molecule has 5 nitrogen and oxygen atoms in total. The Hall–Kier alpha value is -1.62. The molecule has 0 spiro atoms. The van der Waals surface area contributed by atoms with Gasteiger partial charge in [0.2, 0.25) is 5.91 Å². The van der Waals surface area contributed by atoms with Crippen molar-refractivity contribution in [3.63, 3.8) is 0 Å². The summed E-state index contributed by atoms with van der Waals surface area (Å²) in [5.41, 5.74) is 1.19. The van der Waals surface area contributed by atoms with E-state index in [0.29, 0.717) is 19.1 Å². The second kappa shape index (κ2) is 6.43. The Kier molecular flexibility index (Phi) is 4.39. The molecule has 0 aromatic carbocycles. The van der Waals surface area contributed by atoms with Crippen LogP contribution in [-0.2, 0) is 9.53 Å². The highest BCUT2D eigenvalue weighted by molar-refractivity contribution is 5.79. The van der Waals surface area contributed by atoms with Gasteiger partial charge in [-0.05, 0) is 43.4 Å². The monoisotopic (exact) mass is 289 g/mol. The summed E-state index contributed by atoms with van der Waals surface area (Å²) in [7, 11) is 1.87. The molecule has 2 saturated heterocycles. The first kappa shape index (κ1) is 14.3. The maximum atomic E-state index is 12.8. The average Bonchev–Trinajstić information content (AvgIpc) is 3.04. The van der Waals surface area contributed by atoms with Crippen molar-refractivity contribution >= 4 is 11.7 Å². The van der Waals surface area contributed by atoms with E-state index < -0.39 is 0 Å². The van der Waals surface area contributed by atoms with Gasteiger partial charge in [-0.25, -0.2) is 4.98 Å². The van der Waals surface area contributed by atoms with Crippen molar-refractivity contribution in [3.8, 4) is 0 Å². The molecule has 114 valence electrons. The topological polar surface area (TPSA) is 54.5 Å². The number of anilines is 1. The first-order valence-electron chi connectivity index (χ1n) is 7.81. The van der Waals surface area contributed by atoms with Crippen molar-refractivity contribution in [1.82, 2.24) is 9.88 Å². The molecule has 0 saturated carbocycles. The molecule has 0 radical (unpaired) electrons. The van der Waals surface area contributed by atoms with Gasteiger partial charge in [0.25, 0.3) is 0 Å². The number of nitrogens with one attached hydrogen (secondary N) is 1. The number of aromatic nitrogens is 1. The lowest BCUT2D eigenvalue weighted by atomic mass is 9.97. The van der Waals surface area contributed by atoms with E-state index >= 15 is 0 Å². The van der Waals surface area contributed by atoms with Crippen LogP contribution in [0.25, 0.3) is 0 Å². The smallest absolute Gasteiger partial charge is 0.226 e. The predicted octanol–water partition coefficient (Wildman–Crippen LogP) is 2.21. The van der Waals surface area contributed by atoms with Crippen LogP contribution in [0.4, 0.5) is 5.82 Å². The molecule has 3 rings (SSSR count). The summed E-state index contributed by atoms with van der Waals surface area (Å²) in [5, 5.41) is 3.07. The number of ether oxygens (including phenoxy) is 1. The zero-order valence-electron chi connectivity index (χ0n) is 12.5. The van der Waals surface area contributed by atoms with Crippen molar-refractivity contribution in [2.24, 2.45) is 5.92 Å². The Morgan fingerprint density at radius 2 is 2.19 bits per heavy atom. The number of amides is 1. The van der Waals surface area contributed by atoms with Gasteiger partial charge >= 0.3 is 0 Å². The van der Waals surface area contributed by atoms with Gasteiger partial charge in [0.1, 0.15) is 5.82 Å². The van der Waals surface area contributed by atoms with Crippen LogP contribution >= 0.6 is 0 Å². The van der Waals surface area contributed by atoms with Crippen LogP contribution in [0, 0.1) is 5.92 Å². The molecule has 2 aliphatic heterocycles. The van der Waals surface area contributed by atoms with Gasteiger partial charge < -0.3 is 15.0 Å². The van der Waals surface area contributed by atoms with Crippen LogP contribution in [0.15, 0.2) is 18.3 Å². The first-order chi connectivity index (χ1) is 10.3. The summed E-state index contributed by atoms with van der Waals surface area (Å²) < 4.78 is 5.37. The third kappa shape index (κ3) is 3.02. The number of rotatable bonds is 3. The molecule has 1 aromatic heterocycles. The molecule has 1 amide bonds. The number of pyridine rings is 1. The van der Waals surface area contributed by atoms with Crippen molar-refractivity contribution < 1.29 is 9.53 Å². The minimum absolute atomic E-state index is 0.143. The SMILES string of the molecule is CNc1cc([C@@H]2CCCN2C(=O)C2CCOCC2)ccn1. The molecule has 1 atom stereocenters. The second-order valence-corrected chi connectivity index (χ2v) is 5.80. The van der Waals surface area contributed by atoms with Crippen LogP contribution in [0.1, 0.15) is 37.3 Å². The van der Waals surface area contributed by atoms with Crippen LogP contribution < -0.4 is 5.32 Å². The molecule has 5 heteroatoms. The summed E-state index contributed by atoms with van der Waals surface area (Å²) in [6, 6.07) is 4.29. The van der Waals surface area contributed by atoms with Crippen molar-refractivity contribution in [1.29, 1.82) is 0 Å². The van der Waals surface area contributed by atoms with E-state index in [1.807, 2.05) is 19.3 Å². The molecule has 1 aromatic rings. The van der Waals surface area contributed by atoms with Crippen LogP contribution in [0.2, 0.25) is 0 Å². The minimum Gasteiger partial charge on any atom is -0.381 e. The number of likely N-dealkylation sites (tertiary alicyclic amines) is 1. The molecule has 0 unspecified atom stereocenters. The molecule has 1 N–H and O–H groups in total. The van der Waals surface area contributed by atoms with Gasteiger partial charge in [-0.1, -0.05) is 0 Å². The maximum Gasteiger partial charge on any atom is 0.226 e. The largest absolute Gasteiger partial charge is 0.381 e. The van der Waals surface area contributed by atoms with Crippen LogP contribution in [0.5, 0.6) is 0 Å². The maximum absolute atomic E-state index is 12.8. The van der Waals surface area contributed by atoms with Crippen molar-refractivity contribution in [2.45, 2.75) is 31.7 Å². The molecule has 3 heterocycles. The quantitative estimate of drug-likeness (QED) is 0.927. The Labute approximate surface area is 125 Å². The molecule has 21 heavy (non-hydrogen) atoms. The van der Waals surface area contributed by atoms with Crippen molar-refractivity contribution in [3.05, 3.63) is 23.9 Å². The van der Waals surface area contributed by atoms with E-state index in [4.69, 9.17) is 4.74 Å². The van der Waals surface area contributed by atoms with Gasteiger partial charge in [-0.15, -0.1) is 0 Å². The third-order valence-electron chi connectivity index (χ3n) is 4.53. The highest BCUT2D eigenvalue weighted by Crippen LogP contribution is 2.34. The standard InChI is InChI=1S/C16H23N3O2/c1-17-15-11-13(4-7-18-15)14-3-2-8-19(14)16(20)12-5-9-21-10-6-12/h4,7,11-12,14H,2-3,5-6,8-10H2,1H3,(H,17,18)/t14-/m0/s1. The lowest BCUT2D eigenvalue weighted by Gasteiger charge is -2.31. The summed E-state index contributed by atoms with van der Waals surface area (Å²) >= 11 is 0. The number of nitrogens with zero attached hydrogens (tertiary/aromatic N) is 2. The number of hydrogen-bond acceptors (Lipinski definition) is 4. The zero-order valence-corrected chi connectivity index (χ0v) is 12.5. The fraction of sp³-hybridized carbons (Fsp3) is 0.625. The third-order valence-corrected chi connectivity index (χ3v) is 4.53. The molecule has 2 aliphatic rings. The summed E-state index contributed by atoms with van der Waals surface area (Å²) in [4.78, 5) is 19.1. The summed E-state index contributed by atoms with van der Waals surface area (Å²) in [6.45, 7) is 2.31. The highest BCUT2D eigenvalue weighted by atomic mass is 16.5. The van der Waals surface area contributed by atoms with Crippen molar-refractivity contribution in [2.75, 3.05) is 32.1 Å². The Bertz CT molecular complexity index is 500. The van der Waals surface area contributed by atoms with E-state index in [1.54, 1.807) is 0 Å². The molecular weight excluding hydrogens is 266 g/mol. The molecule has 0 aliphatic carbocycles. The zero-order chi connectivity index (χ0) is 14.7. The van der Waals surface area contributed by atoms with E-state index in [2.05, 4.69) is 21.3 Å². The predicted molar refractivity (Wildman–Crippen MR) is 81.0 cm³/mol. The summed E-state index contributed by atoms with van der Waals surface area (Å²) in [5.74, 6) is 1.31. The molecular formula is C16H23N3O2. The Morgan fingerprint density at radius 1 is 1.38 bits per heavy atom.